The maximum Gasteiger partial charge on any atom is 0.123 e. The Morgan fingerprint density at radius 3 is 2.50 bits per heavy atom. The van der Waals surface area contributed by atoms with E-state index in [0.29, 0.717) is 5.92 Å². The van der Waals surface area contributed by atoms with Crippen molar-refractivity contribution in [3.63, 3.8) is 0 Å². The second kappa shape index (κ2) is 6.86. The minimum absolute atomic E-state index is 0.451. The van der Waals surface area contributed by atoms with Crippen LogP contribution in [0.4, 0.5) is 0 Å². The quantitative estimate of drug-likeness (QED) is 0.871. The van der Waals surface area contributed by atoms with E-state index in [1.807, 2.05) is 12.1 Å². The second-order valence-electron chi connectivity index (χ2n) is 4.99. The monoisotopic (exact) mass is 290 g/mol. The van der Waals surface area contributed by atoms with Crippen LogP contribution in [0.2, 0.25) is 0 Å². The average Bonchev–Trinajstić information content (AvgIpc) is 2.89. The van der Waals surface area contributed by atoms with Crippen LogP contribution in [0.3, 0.4) is 0 Å². The zero-order valence-electron chi connectivity index (χ0n) is 12.6. The van der Waals surface area contributed by atoms with Crippen LogP contribution in [0.5, 0.6) is 5.75 Å². The van der Waals surface area contributed by atoms with Crippen LogP contribution in [-0.4, -0.2) is 18.6 Å². The van der Waals surface area contributed by atoms with Crippen molar-refractivity contribution in [2.24, 2.45) is 0 Å². The molecule has 1 aromatic carbocycles. The van der Waals surface area contributed by atoms with Crippen molar-refractivity contribution in [2.75, 3.05) is 13.7 Å². The summed E-state index contributed by atoms with van der Waals surface area (Å²) in [5.41, 5.74) is 2.36. The summed E-state index contributed by atoms with van der Waals surface area (Å²) >= 11 is 1.78. The predicted octanol–water partition coefficient (Wildman–Crippen LogP) is 4.05. The lowest BCUT2D eigenvalue weighted by molar-refractivity contribution is 0.415. The molecular weight excluding hydrogens is 268 g/mol. The average molecular weight is 290 g/mol. The molecule has 0 saturated heterocycles. The summed E-state index contributed by atoms with van der Waals surface area (Å²) in [7, 11) is 1.68. The van der Waals surface area contributed by atoms with E-state index < -0.39 is 0 Å². The van der Waals surface area contributed by atoms with Crippen molar-refractivity contribution in [2.45, 2.75) is 33.2 Å². The zero-order valence-corrected chi connectivity index (χ0v) is 13.4. The summed E-state index contributed by atoms with van der Waals surface area (Å²) in [5, 5.41) is 4.48. The molecule has 0 atom stereocenters. The molecule has 1 N–H and O–H groups in total. The number of nitrogens with one attached hydrogen (secondary N) is 1. The lowest BCUT2D eigenvalue weighted by Gasteiger charge is -2.04. The van der Waals surface area contributed by atoms with Gasteiger partial charge in [-0.3, -0.25) is 0 Å². The first-order chi connectivity index (χ1) is 9.65. The molecule has 0 amide bonds. The van der Waals surface area contributed by atoms with E-state index in [0.717, 1.165) is 29.4 Å². The minimum atomic E-state index is 0.451. The smallest absolute Gasteiger partial charge is 0.123 e. The first kappa shape index (κ1) is 15.0. The third kappa shape index (κ3) is 3.38. The highest BCUT2D eigenvalue weighted by molar-refractivity contribution is 7.15. The summed E-state index contributed by atoms with van der Waals surface area (Å²) in [6.45, 7) is 8.40. The van der Waals surface area contributed by atoms with E-state index >= 15 is 0 Å². The van der Waals surface area contributed by atoms with Gasteiger partial charge in [0, 0.05) is 17.0 Å². The number of hydrogen-bond acceptors (Lipinski definition) is 4. The molecule has 0 spiro atoms. The fraction of sp³-hybridized carbons (Fsp3) is 0.438. The molecule has 2 rings (SSSR count). The maximum absolute atomic E-state index is 5.20. The van der Waals surface area contributed by atoms with Crippen LogP contribution in [0.1, 0.15) is 37.3 Å². The normalized spacial score (nSPS) is 11.1. The molecule has 0 radical (unpaired) electrons. The second-order valence-corrected chi connectivity index (χ2v) is 6.07. The Morgan fingerprint density at radius 1 is 1.25 bits per heavy atom. The Labute approximate surface area is 125 Å². The van der Waals surface area contributed by atoms with Gasteiger partial charge in [0.2, 0.25) is 0 Å². The number of benzene rings is 1. The van der Waals surface area contributed by atoms with Crippen LogP contribution in [0.25, 0.3) is 10.6 Å². The van der Waals surface area contributed by atoms with Crippen molar-refractivity contribution in [3.8, 4) is 16.3 Å². The molecule has 0 aliphatic rings. The van der Waals surface area contributed by atoms with Gasteiger partial charge >= 0.3 is 0 Å². The van der Waals surface area contributed by atoms with Crippen LogP contribution in [0.15, 0.2) is 24.3 Å². The Bertz CT molecular complexity index is 546. The number of nitrogens with zero attached hydrogens (tertiary/aromatic N) is 1. The van der Waals surface area contributed by atoms with E-state index in [4.69, 9.17) is 9.72 Å². The highest BCUT2D eigenvalue weighted by atomic mass is 32.1. The van der Waals surface area contributed by atoms with E-state index in [2.05, 4.69) is 38.2 Å². The van der Waals surface area contributed by atoms with Crippen molar-refractivity contribution >= 4 is 11.3 Å². The number of methoxy groups -OCH3 is 1. The van der Waals surface area contributed by atoms with Crippen molar-refractivity contribution in [1.29, 1.82) is 0 Å². The van der Waals surface area contributed by atoms with Gasteiger partial charge in [-0.25, -0.2) is 4.98 Å². The van der Waals surface area contributed by atoms with Crippen molar-refractivity contribution < 1.29 is 4.74 Å². The highest BCUT2D eigenvalue weighted by Gasteiger charge is 2.14. The minimum Gasteiger partial charge on any atom is -0.497 e. The Morgan fingerprint density at radius 2 is 1.95 bits per heavy atom. The first-order valence-electron chi connectivity index (χ1n) is 7.00. The molecule has 0 aliphatic carbocycles. The van der Waals surface area contributed by atoms with Gasteiger partial charge in [0.05, 0.1) is 12.8 Å². The van der Waals surface area contributed by atoms with Crippen LogP contribution < -0.4 is 10.1 Å². The summed E-state index contributed by atoms with van der Waals surface area (Å²) in [6, 6.07) is 8.10. The van der Waals surface area contributed by atoms with E-state index in [1.54, 1.807) is 18.4 Å². The Hall–Kier alpha value is -1.39. The first-order valence-corrected chi connectivity index (χ1v) is 7.82. The molecule has 1 aromatic heterocycles. The number of hydrogen-bond donors (Lipinski definition) is 1. The fourth-order valence-corrected chi connectivity index (χ4v) is 3.23. The topological polar surface area (TPSA) is 34.1 Å². The summed E-state index contributed by atoms with van der Waals surface area (Å²) < 4.78 is 5.20. The molecule has 0 bridgehead atoms. The number of thiazole rings is 1. The molecule has 1 heterocycles. The molecule has 0 aliphatic heterocycles. The summed E-state index contributed by atoms with van der Waals surface area (Å²) in [5.74, 6) is 1.33. The third-order valence-corrected chi connectivity index (χ3v) is 4.27. The van der Waals surface area contributed by atoms with E-state index in [9.17, 15) is 0 Å². The lowest BCUT2D eigenvalue weighted by atomic mass is 10.1. The third-order valence-electron chi connectivity index (χ3n) is 3.15. The zero-order chi connectivity index (χ0) is 14.5. The van der Waals surface area contributed by atoms with Crippen LogP contribution in [0, 0.1) is 0 Å². The van der Waals surface area contributed by atoms with Crippen molar-refractivity contribution in [3.05, 3.63) is 34.8 Å². The van der Waals surface area contributed by atoms with Gasteiger partial charge in [-0.2, -0.15) is 0 Å². The largest absolute Gasteiger partial charge is 0.497 e. The standard InChI is InChI=1S/C16H22N2OS/c1-5-17-10-14-15(11(2)3)18-16(20-14)12-6-8-13(19-4)9-7-12/h6-9,11,17H,5,10H2,1-4H3. The molecule has 4 heteroatoms. The highest BCUT2D eigenvalue weighted by Crippen LogP contribution is 2.32. The maximum atomic E-state index is 5.20. The van der Waals surface area contributed by atoms with Gasteiger partial charge in [-0.05, 0) is 36.7 Å². The molecule has 0 saturated carbocycles. The van der Waals surface area contributed by atoms with Gasteiger partial charge in [0.15, 0.2) is 0 Å². The lowest BCUT2D eigenvalue weighted by Crippen LogP contribution is -2.12. The van der Waals surface area contributed by atoms with Gasteiger partial charge in [0.1, 0.15) is 10.8 Å². The molecule has 20 heavy (non-hydrogen) atoms. The Kier molecular flexibility index (Phi) is 5.15. The number of rotatable bonds is 6. The van der Waals surface area contributed by atoms with Crippen molar-refractivity contribution in [1.82, 2.24) is 10.3 Å². The molecule has 2 aromatic rings. The van der Waals surface area contributed by atoms with Gasteiger partial charge in [0.25, 0.3) is 0 Å². The summed E-state index contributed by atoms with van der Waals surface area (Å²) in [4.78, 5) is 6.17. The molecule has 0 unspecified atom stereocenters. The van der Waals surface area contributed by atoms with Gasteiger partial charge in [-0.1, -0.05) is 20.8 Å². The number of aromatic nitrogens is 1. The summed E-state index contributed by atoms with van der Waals surface area (Å²) in [6.07, 6.45) is 0. The SMILES string of the molecule is CCNCc1sc(-c2ccc(OC)cc2)nc1C(C)C. The van der Waals surface area contributed by atoms with Crippen LogP contribution >= 0.6 is 11.3 Å². The number of ether oxygens (including phenoxy) is 1. The van der Waals surface area contributed by atoms with Gasteiger partial charge < -0.3 is 10.1 Å². The molecular formula is C16H22N2OS. The van der Waals surface area contributed by atoms with Crippen LogP contribution in [-0.2, 0) is 6.54 Å². The predicted molar refractivity (Wildman–Crippen MR) is 85.6 cm³/mol. The molecule has 0 fully saturated rings. The van der Waals surface area contributed by atoms with Gasteiger partial charge in [-0.15, -0.1) is 11.3 Å². The van der Waals surface area contributed by atoms with E-state index in [-0.39, 0.29) is 0 Å². The molecule has 3 nitrogen and oxygen atoms in total. The molecule has 108 valence electrons. The fourth-order valence-electron chi connectivity index (χ4n) is 2.04. The Balaban J connectivity index is 2.31. The van der Waals surface area contributed by atoms with E-state index in [1.165, 1.54) is 10.6 Å².